The second kappa shape index (κ2) is 6.66. The molecule has 0 aliphatic rings. The molecule has 0 bridgehead atoms. The van der Waals surface area contributed by atoms with Gasteiger partial charge in [0.15, 0.2) is 0 Å². The first-order valence-electron chi connectivity index (χ1n) is 5.28. The molecule has 0 heterocycles. The summed E-state index contributed by atoms with van der Waals surface area (Å²) in [6, 6.07) is 8.13. The van der Waals surface area contributed by atoms with Crippen molar-refractivity contribution in [2.24, 2.45) is 0 Å². The largest absolute Gasteiger partial charge is 0.465 e. The van der Waals surface area contributed by atoms with Crippen LogP contribution in [-0.2, 0) is 9.53 Å². The van der Waals surface area contributed by atoms with Gasteiger partial charge >= 0.3 is 5.97 Å². The molecule has 0 unspecified atom stereocenters. The predicted molar refractivity (Wildman–Crippen MR) is 67.2 cm³/mol. The molecular formula is C12H16BrNO2. The zero-order chi connectivity index (χ0) is 12.0. The van der Waals surface area contributed by atoms with Crippen molar-refractivity contribution in [3.05, 3.63) is 34.3 Å². The van der Waals surface area contributed by atoms with Crippen LogP contribution in [0.1, 0.15) is 25.5 Å². The van der Waals surface area contributed by atoms with Crippen molar-refractivity contribution in [1.82, 2.24) is 5.32 Å². The van der Waals surface area contributed by atoms with Crippen molar-refractivity contribution < 1.29 is 9.53 Å². The quantitative estimate of drug-likeness (QED) is 0.846. The van der Waals surface area contributed by atoms with Gasteiger partial charge in [-0.15, -0.1) is 0 Å². The normalized spacial score (nSPS) is 12.2. The minimum atomic E-state index is -0.218. The van der Waals surface area contributed by atoms with Crippen LogP contribution in [0.25, 0.3) is 0 Å². The van der Waals surface area contributed by atoms with Crippen LogP contribution in [0.15, 0.2) is 28.7 Å². The first kappa shape index (κ1) is 13.2. The van der Waals surface area contributed by atoms with Crippen molar-refractivity contribution in [2.45, 2.75) is 19.9 Å². The number of hydrogen-bond acceptors (Lipinski definition) is 3. The van der Waals surface area contributed by atoms with Crippen LogP contribution in [0.5, 0.6) is 0 Å². The third-order valence-corrected chi connectivity index (χ3v) is 2.70. The number of ether oxygens (including phenoxy) is 1. The van der Waals surface area contributed by atoms with Gasteiger partial charge in [-0.1, -0.05) is 28.1 Å². The first-order chi connectivity index (χ1) is 7.63. The molecule has 0 spiro atoms. The highest BCUT2D eigenvalue weighted by atomic mass is 79.9. The number of halogens is 1. The van der Waals surface area contributed by atoms with E-state index in [0.29, 0.717) is 6.61 Å². The Morgan fingerprint density at radius 2 is 2.31 bits per heavy atom. The lowest BCUT2D eigenvalue weighted by molar-refractivity contribution is -0.142. The van der Waals surface area contributed by atoms with Crippen LogP contribution < -0.4 is 5.32 Å². The SMILES string of the molecule is CCOC(=O)CN[C@@H](C)c1cccc(Br)c1. The molecule has 1 rings (SSSR count). The van der Waals surface area contributed by atoms with Gasteiger partial charge in [0.2, 0.25) is 0 Å². The molecule has 0 amide bonds. The number of benzene rings is 1. The van der Waals surface area contributed by atoms with Gasteiger partial charge in [0.05, 0.1) is 13.2 Å². The number of esters is 1. The third kappa shape index (κ3) is 4.33. The average molecular weight is 286 g/mol. The van der Waals surface area contributed by atoms with Crippen LogP contribution in [0.3, 0.4) is 0 Å². The Bertz CT molecular complexity index is 355. The molecule has 0 aliphatic carbocycles. The van der Waals surface area contributed by atoms with E-state index in [0.717, 1.165) is 10.0 Å². The second-order valence-electron chi connectivity index (χ2n) is 3.46. The molecule has 1 N–H and O–H groups in total. The van der Waals surface area contributed by atoms with Crippen molar-refractivity contribution in [2.75, 3.05) is 13.2 Å². The van der Waals surface area contributed by atoms with Crippen LogP contribution in [0.2, 0.25) is 0 Å². The zero-order valence-electron chi connectivity index (χ0n) is 9.50. The highest BCUT2D eigenvalue weighted by Gasteiger charge is 2.07. The standard InChI is InChI=1S/C12H16BrNO2/c1-3-16-12(15)8-14-9(2)10-5-4-6-11(13)7-10/h4-7,9,14H,3,8H2,1-2H3/t9-/m0/s1. The fourth-order valence-corrected chi connectivity index (χ4v) is 1.76. The Morgan fingerprint density at radius 3 is 2.94 bits per heavy atom. The average Bonchev–Trinajstić information content (AvgIpc) is 2.26. The second-order valence-corrected chi connectivity index (χ2v) is 4.38. The number of carbonyl (C=O) groups excluding carboxylic acids is 1. The van der Waals surface area contributed by atoms with Gasteiger partial charge in [0.1, 0.15) is 0 Å². The van der Waals surface area contributed by atoms with Gasteiger partial charge in [-0.25, -0.2) is 0 Å². The lowest BCUT2D eigenvalue weighted by Gasteiger charge is -2.13. The lowest BCUT2D eigenvalue weighted by Crippen LogP contribution is -2.27. The molecule has 88 valence electrons. The lowest BCUT2D eigenvalue weighted by atomic mass is 10.1. The smallest absolute Gasteiger partial charge is 0.319 e. The summed E-state index contributed by atoms with van der Waals surface area (Å²) < 4.78 is 5.88. The van der Waals surface area contributed by atoms with Crippen molar-refractivity contribution >= 4 is 21.9 Å². The summed E-state index contributed by atoms with van der Waals surface area (Å²) in [5.41, 5.74) is 1.14. The van der Waals surface area contributed by atoms with E-state index >= 15 is 0 Å². The summed E-state index contributed by atoms with van der Waals surface area (Å²) in [5, 5.41) is 3.12. The fraction of sp³-hybridized carbons (Fsp3) is 0.417. The van der Waals surface area contributed by atoms with Gasteiger partial charge in [-0.2, -0.15) is 0 Å². The van der Waals surface area contributed by atoms with E-state index in [4.69, 9.17) is 4.74 Å². The highest BCUT2D eigenvalue weighted by Crippen LogP contribution is 2.17. The molecule has 0 aromatic heterocycles. The van der Waals surface area contributed by atoms with E-state index in [2.05, 4.69) is 21.2 Å². The zero-order valence-corrected chi connectivity index (χ0v) is 11.1. The Balaban J connectivity index is 2.46. The molecule has 3 nitrogen and oxygen atoms in total. The molecule has 0 saturated heterocycles. The minimum Gasteiger partial charge on any atom is -0.465 e. The van der Waals surface area contributed by atoms with E-state index in [1.165, 1.54) is 0 Å². The molecule has 0 fully saturated rings. The van der Waals surface area contributed by atoms with Crippen molar-refractivity contribution in [1.29, 1.82) is 0 Å². The molecule has 0 radical (unpaired) electrons. The number of carbonyl (C=O) groups is 1. The number of hydrogen-bond donors (Lipinski definition) is 1. The third-order valence-electron chi connectivity index (χ3n) is 2.21. The van der Waals surface area contributed by atoms with E-state index in [1.807, 2.05) is 31.2 Å². The molecule has 0 aliphatic heterocycles. The predicted octanol–water partition coefficient (Wildman–Crippen LogP) is 2.66. The fourth-order valence-electron chi connectivity index (χ4n) is 1.34. The Kier molecular flexibility index (Phi) is 5.49. The highest BCUT2D eigenvalue weighted by molar-refractivity contribution is 9.10. The van der Waals surface area contributed by atoms with Crippen molar-refractivity contribution in [3.63, 3.8) is 0 Å². The molecule has 1 aromatic carbocycles. The van der Waals surface area contributed by atoms with Gasteiger partial charge in [-0.3, -0.25) is 4.79 Å². The van der Waals surface area contributed by atoms with Gasteiger partial charge in [-0.05, 0) is 31.5 Å². The van der Waals surface area contributed by atoms with E-state index < -0.39 is 0 Å². The van der Waals surface area contributed by atoms with Gasteiger partial charge in [0.25, 0.3) is 0 Å². The number of nitrogens with one attached hydrogen (secondary N) is 1. The van der Waals surface area contributed by atoms with Crippen molar-refractivity contribution in [3.8, 4) is 0 Å². The van der Waals surface area contributed by atoms with E-state index in [9.17, 15) is 4.79 Å². The van der Waals surface area contributed by atoms with Crippen LogP contribution >= 0.6 is 15.9 Å². The summed E-state index contributed by atoms with van der Waals surface area (Å²) in [7, 11) is 0. The first-order valence-corrected chi connectivity index (χ1v) is 6.07. The van der Waals surface area contributed by atoms with E-state index in [1.54, 1.807) is 6.92 Å². The number of rotatable bonds is 5. The molecule has 1 aromatic rings. The maximum absolute atomic E-state index is 11.2. The minimum absolute atomic E-state index is 0.127. The monoisotopic (exact) mass is 285 g/mol. The summed E-state index contributed by atoms with van der Waals surface area (Å²) in [6.45, 7) is 4.48. The topological polar surface area (TPSA) is 38.3 Å². The van der Waals surface area contributed by atoms with Crippen LogP contribution in [0, 0.1) is 0 Å². The summed E-state index contributed by atoms with van der Waals surface area (Å²) in [5.74, 6) is -0.218. The molecule has 16 heavy (non-hydrogen) atoms. The Morgan fingerprint density at radius 1 is 1.56 bits per heavy atom. The van der Waals surface area contributed by atoms with Crippen LogP contribution in [0.4, 0.5) is 0 Å². The van der Waals surface area contributed by atoms with Gasteiger partial charge < -0.3 is 10.1 Å². The molecule has 0 saturated carbocycles. The maximum Gasteiger partial charge on any atom is 0.319 e. The summed E-state index contributed by atoms with van der Waals surface area (Å²) in [4.78, 5) is 11.2. The van der Waals surface area contributed by atoms with Gasteiger partial charge in [0, 0.05) is 10.5 Å². The molecule has 1 atom stereocenters. The van der Waals surface area contributed by atoms with Crippen LogP contribution in [-0.4, -0.2) is 19.1 Å². The Hall–Kier alpha value is -0.870. The Labute approximate surface area is 104 Å². The summed E-state index contributed by atoms with van der Waals surface area (Å²) in [6.07, 6.45) is 0. The summed E-state index contributed by atoms with van der Waals surface area (Å²) >= 11 is 3.42. The molecular weight excluding hydrogens is 270 g/mol. The maximum atomic E-state index is 11.2. The molecule has 4 heteroatoms. The van der Waals surface area contributed by atoms with E-state index in [-0.39, 0.29) is 18.6 Å².